The lowest BCUT2D eigenvalue weighted by Gasteiger charge is -2.35. The molecule has 0 unspecified atom stereocenters. The van der Waals surface area contributed by atoms with Crippen LogP contribution in [0.3, 0.4) is 0 Å². The zero-order valence-electron chi connectivity index (χ0n) is 17.0. The Balaban J connectivity index is 1.60. The molecule has 1 aliphatic rings. The molecule has 0 radical (unpaired) electrons. The summed E-state index contributed by atoms with van der Waals surface area (Å²) in [6, 6.07) is 6.50. The van der Waals surface area contributed by atoms with E-state index in [4.69, 9.17) is 32.7 Å². The molecule has 4 rings (SSSR count). The van der Waals surface area contributed by atoms with Crippen molar-refractivity contribution in [2.75, 3.05) is 12.4 Å². The van der Waals surface area contributed by atoms with Gasteiger partial charge in [-0.1, -0.05) is 29.8 Å². The van der Waals surface area contributed by atoms with E-state index in [1.807, 2.05) is 0 Å². The molecule has 0 spiro atoms. The molecular formula is C22H19Cl2FN4O3. The monoisotopic (exact) mass is 476 g/mol. The molecule has 3 aromatic rings. The topological polar surface area (TPSA) is 85.4 Å². The Kier molecular flexibility index (Phi) is 6.34. The van der Waals surface area contributed by atoms with E-state index in [0.29, 0.717) is 46.7 Å². The van der Waals surface area contributed by atoms with E-state index < -0.39 is 5.82 Å². The van der Waals surface area contributed by atoms with Gasteiger partial charge in [0.1, 0.15) is 23.3 Å². The minimum Gasteiger partial charge on any atom is -0.493 e. The molecule has 2 N–H and O–H groups in total. The first-order valence-electron chi connectivity index (χ1n) is 9.72. The van der Waals surface area contributed by atoms with Crippen molar-refractivity contribution in [3.05, 3.63) is 59.1 Å². The Morgan fingerprint density at radius 2 is 2.03 bits per heavy atom. The predicted molar refractivity (Wildman–Crippen MR) is 122 cm³/mol. The number of nitrogens with one attached hydrogen (secondary N) is 2. The van der Waals surface area contributed by atoms with Crippen molar-refractivity contribution in [3.63, 3.8) is 0 Å². The molecule has 1 aliphatic carbocycles. The van der Waals surface area contributed by atoms with E-state index in [9.17, 15) is 9.18 Å². The Morgan fingerprint density at radius 1 is 1.25 bits per heavy atom. The standard InChI is InChI=1S/C22H19Cl2FN4O3/c1-3-19(30)28-11-6-12(7-11)32-18-8-13-16(9-17(18)31-2)26-10-27-22(13)29-15-5-4-14(23)21(25)20(15)24/h3-5,8-12H,1,6-7H2,2H3,(H,28,30)(H,26,27,29). The lowest BCUT2D eigenvalue weighted by atomic mass is 9.89. The van der Waals surface area contributed by atoms with Crippen molar-refractivity contribution in [3.8, 4) is 11.5 Å². The molecule has 1 heterocycles. The van der Waals surface area contributed by atoms with Crippen LogP contribution in [-0.4, -0.2) is 35.1 Å². The Labute approximate surface area is 193 Å². The number of methoxy groups -OCH3 is 1. The van der Waals surface area contributed by atoms with Gasteiger partial charge >= 0.3 is 0 Å². The van der Waals surface area contributed by atoms with Gasteiger partial charge < -0.3 is 20.1 Å². The zero-order valence-corrected chi connectivity index (χ0v) is 18.5. The van der Waals surface area contributed by atoms with Crippen molar-refractivity contribution in [2.24, 2.45) is 0 Å². The van der Waals surface area contributed by atoms with Crippen LogP contribution in [0.4, 0.5) is 15.9 Å². The summed E-state index contributed by atoms with van der Waals surface area (Å²) in [5.41, 5.74) is 0.911. The Bertz CT molecular complexity index is 1200. The van der Waals surface area contributed by atoms with Crippen LogP contribution in [0.15, 0.2) is 43.2 Å². The molecule has 0 bridgehead atoms. The summed E-state index contributed by atoms with van der Waals surface area (Å²) < 4.78 is 25.7. The smallest absolute Gasteiger partial charge is 0.243 e. The van der Waals surface area contributed by atoms with E-state index in [1.165, 1.54) is 18.5 Å². The van der Waals surface area contributed by atoms with Crippen LogP contribution < -0.4 is 20.1 Å². The molecule has 7 nitrogen and oxygen atoms in total. The lowest BCUT2D eigenvalue weighted by Crippen LogP contribution is -2.48. The van der Waals surface area contributed by atoms with Crippen molar-refractivity contribution in [1.82, 2.24) is 15.3 Å². The van der Waals surface area contributed by atoms with Crippen LogP contribution in [0.25, 0.3) is 10.9 Å². The number of amides is 1. The first-order valence-corrected chi connectivity index (χ1v) is 10.5. The van der Waals surface area contributed by atoms with Gasteiger partial charge in [0, 0.05) is 30.3 Å². The maximum atomic E-state index is 14.1. The summed E-state index contributed by atoms with van der Waals surface area (Å²) in [7, 11) is 1.54. The van der Waals surface area contributed by atoms with Crippen molar-refractivity contribution < 1.29 is 18.7 Å². The van der Waals surface area contributed by atoms with Gasteiger partial charge in [0.05, 0.1) is 23.3 Å². The molecule has 166 valence electrons. The van der Waals surface area contributed by atoms with Crippen LogP contribution in [0.5, 0.6) is 11.5 Å². The number of benzene rings is 2. The minimum atomic E-state index is -0.717. The number of carbonyl (C=O) groups is 1. The molecule has 2 aromatic carbocycles. The normalized spacial score (nSPS) is 17.4. The SMILES string of the molecule is C=CC(=O)NC1CC(Oc2cc3c(Nc4ccc(Cl)c(F)c4Cl)ncnc3cc2OC)C1. The first-order chi connectivity index (χ1) is 15.4. The first kappa shape index (κ1) is 22.1. The molecule has 10 heteroatoms. The molecule has 1 saturated carbocycles. The van der Waals surface area contributed by atoms with E-state index in [1.54, 1.807) is 25.3 Å². The maximum absolute atomic E-state index is 14.1. The highest BCUT2D eigenvalue weighted by atomic mass is 35.5. The summed E-state index contributed by atoms with van der Waals surface area (Å²) in [5, 5.41) is 6.28. The number of hydrogen-bond donors (Lipinski definition) is 2. The number of carbonyl (C=O) groups excluding carboxylic acids is 1. The van der Waals surface area contributed by atoms with Crippen LogP contribution in [0.2, 0.25) is 10.0 Å². The lowest BCUT2D eigenvalue weighted by molar-refractivity contribution is -0.118. The summed E-state index contributed by atoms with van der Waals surface area (Å²) >= 11 is 11.9. The number of halogens is 3. The van der Waals surface area contributed by atoms with Crippen molar-refractivity contribution in [1.29, 1.82) is 0 Å². The zero-order chi connectivity index (χ0) is 22.8. The highest BCUT2D eigenvalue weighted by molar-refractivity contribution is 6.36. The van der Waals surface area contributed by atoms with E-state index in [2.05, 4.69) is 27.2 Å². The van der Waals surface area contributed by atoms with E-state index in [-0.39, 0.29) is 28.1 Å². The summed E-state index contributed by atoms with van der Waals surface area (Å²) in [4.78, 5) is 20.0. The number of rotatable bonds is 7. The fourth-order valence-electron chi connectivity index (χ4n) is 3.38. The Hall–Kier alpha value is -3.10. The second-order valence-corrected chi connectivity index (χ2v) is 8.00. The number of nitrogens with zero attached hydrogens (tertiary/aromatic N) is 2. The molecule has 0 aliphatic heterocycles. The molecule has 0 saturated heterocycles. The van der Waals surface area contributed by atoms with Gasteiger partial charge in [-0.3, -0.25) is 4.79 Å². The molecule has 1 aromatic heterocycles. The Morgan fingerprint density at radius 3 is 2.75 bits per heavy atom. The second-order valence-electron chi connectivity index (χ2n) is 7.21. The van der Waals surface area contributed by atoms with Crippen LogP contribution in [0.1, 0.15) is 12.8 Å². The third kappa shape index (κ3) is 4.42. The largest absolute Gasteiger partial charge is 0.493 e. The average Bonchev–Trinajstić information content (AvgIpc) is 2.77. The van der Waals surface area contributed by atoms with E-state index in [0.717, 1.165) is 0 Å². The number of hydrogen-bond acceptors (Lipinski definition) is 6. The summed E-state index contributed by atoms with van der Waals surface area (Å²) in [6.45, 7) is 3.45. The molecular weight excluding hydrogens is 458 g/mol. The number of anilines is 2. The maximum Gasteiger partial charge on any atom is 0.243 e. The van der Waals surface area contributed by atoms with Crippen molar-refractivity contribution >= 4 is 51.5 Å². The third-order valence-electron chi connectivity index (χ3n) is 5.13. The van der Waals surface area contributed by atoms with Gasteiger partial charge in [-0.25, -0.2) is 14.4 Å². The van der Waals surface area contributed by atoms with E-state index >= 15 is 0 Å². The highest BCUT2D eigenvalue weighted by Gasteiger charge is 2.32. The average molecular weight is 477 g/mol. The fourth-order valence-corrected chi connectivity index (χ4v) is 3.80. The molecule has 0 atom stereocenters. The van der Waals surface area contributed by atoms with Crippen LogP contribution in [0, 0.1) is 5.82 Å². The van der Waals surface area contributed by atoms with Gasteiger partial charge in [0.15, 0.2) is 17.3 Å². The fraction of sp³-hybridized carbons (Fsp3) is 0.227. The van der Waals surface area contributed by atoms with Gasteiger partial charge in [0.2, 0.25) is 5.91 Å². The van der Waals surface area contributed by atoms with Crippen molar-refractivity contribution in [2.45, 2.75) is 25.0 Å². The van der Waals surface area contributed by atoms with Gasteiger partial charge in [0.25, 0.3) is 0 Å². The molecule has 1 fully saturated rings. The third-order valence-corrected chi connectivity index (χ3v) is 5.79. The molecule has 32 heavy (non-hydrogen) atoms. The van der Waals surface area contributed by atoms with Gasteiger partial charge in [-0.05, 0) is 24.3 Å². The van der Waals surface area contributed by atoms with Crippen LogP contribution in [-0.2, 0) is 4.79 Å². The predicted octanol–water partition coefficient (Wildman–Crippen LogP) is 5.04. The number of aromatic nitrogens is 2. The minimum absolute atomic E-state index is 0.0412. The summed E-state index contributed by atoms with van der Waals surface area (Å²) in [5.74, 6) is 0.504. The summed E-state index contributed by atoms with van der Waals surface area (Å²) in [6.07, 6.45) is 3.86. The quantitative estimate of drug-likeness (QED) is 0.367. The molecule has 1 amide bonds. The highest BCUT2D eigenvalue weighted by Crippen LogP contribution is 2.38. The number of fused-ring (bicyclic) bond motifs is 1. The second kappa shape index (κ2) is 9.18. The van der Waals surface area contributed by atoms with Gasteiger partial charge in [-0.2, -0.15) is 0 Å². The van der Waals surface area contributed by atoms with Gasteiger partial charge in [-0.15, -0.1) is 0 Å². The number of ether oxygens (including phenoxy) is 2. The van der Waals surface area contributed by atoms with Crippen LogP contribution >= 0.6 is 23.2 Å².